The maximum atomic E-state index is 5.57. The first-order chi connectivity index (χ1) is 5.86. The molecule has 0 aliphatic rings. The molecule has 0 saturated heterocycles. The molecule has 1 nitrogen and oxygen atoms in total. The molecule has 1 aromatic heterocycles. The Bertz CT molecular complexity index is 348. The van der Waals surface area contributed by atoms with Crippen LogP contribution >= 0.6 is 11.3 Å². The molecule has 0 atom stereocenters. The molecule has 2 aromatic rings. The third kappa shape index (κ3) is 1.34. The number of hydrogen-bond donors (Lipinski definition) is 1. The van der Waals surface area contributed by atoms with Gasteiger partial charge in [0.25, 0.3) is 0 Å². The number of nitrogens with two attached hydrogens (primary N) is 1. The van der Waals surface area contributed by atoms with Crippen LogP contribution in [-0.4, -0.2) is 0 Å². The van der Waals surface area contributed by atoms with E-state index in [0.29, 0.717) is 0 Å². The molecule has 1 heterocycles. The molecule has 2 N–H and O–H groups in total. The van der Waals surface area contributed by atoms with E-state index in [1.54, 1.807) is 11.3 Å². The average Bonchev–Trinajstić information content (AvgIpc) is 2.58. The number of nitrogen functional groups attached to an aromatic ring is 1. The van der Waals surface area contributed by atoms with Gasteiger partial charge in [-0.05, 0) is 29.1 Å². The molecule has 0 unspecified atom stereocenters. The zero-order valence-electron chi connectivity index (χ0n) is 6.45. The molecular formula is C10H8NS. The van der Waals surface area contributed by atoms with E-state index in [9.17, 15) is 0 Å². The maximum Gasteiger partial charge on any atom is 0.0421 e. The molecule has 2 rings (SSSR count). The highest BCUT2D eigenvalue weighted by Gasteiger charge is 1.96. The summed E-state index contributed by atoms with van der Waals surface area (Å²) in [6.07, 6.45) is 0. The molecule has 0 aliphatic carbocycles. The van der Waals surface area contributed by atoms with Gasteiger partial charge in [0.1, 0.15) is 0 Å². The van der Waals surface area contributed by atoms with Crippen LogP contribution in [0.2, 0.25) is 0 Å². The van der Waals surface area contributed by atoms with Crippen molar-refractivity contribution in [1.29, 1.82) is 0 Å². The minimum atomic E-state index is 0.801. The molecule has 0 bridgehead atoms. The Morgan fingerprint density at radius 2 is 1.92 bits per heavy atom. The number of thiophene rings is 1. The van der Waals surface area contributed by atoms with Crippen LogP contribution in [0, 0.1) is 6.07 Å². The lowest BCUT2D eigenvalue weighted by Gasteiger charge is -1.96. The predicted octanol–water partition coefficient (Wildman–Crippen LogP) is 2.80. The molecule has 0 saturated carbocycles. The first-order valence-electron chi connectivity index (χ1n) is 3.67. The highest BCUT2D eigenvalue weighted by molar-refractivity contribution is 7.13. The van der Waals surface area contributed by atoms with E-state index >= 15 is 0 Å². The Labute approximate surface area is 75.5 Å². The summed E-state index contributed by atoms with van der Waals surface area (Å²) in [6.45, 7) is 0. The van der Waals surface area contributed by atoms with Gasteiger partial charge in [-0.15, -0.1) is 11.3 Å². The zero-order valence-corrected chi connectivity index (χ0v) is 7.27. The molecule has 0 amide bonds. The molecule has 12 heavy (non-hydrogen) atoms. The second kappa shape index (κ2) is 2.99. The van der Waals surface area contributed by atoms with E-state index in [1.165, 1.54) is 5.56 Å². The monoisotopic (exact) mass is 174 g/mol. The average molecular weight is 174 g/mol. The van der Waals surface area contributed by atoms with Crippen molar-refractivity contribution in [3.8, 4) is 10.4 Å². The maximum absolute atomic E-state index is 5.57. The molecule has 1 aromatic carbocycles. The minimum absolute atomic E-state index is 0.801. The van der Waals surface area contributed by atoms with Gasteiger partial charge in [0, 0.05) is 16.6 Å². The molecular weight excluding hydrogens is 166 g/mol. The fourth-order valence-electron chi connectivity index (χ4n) is 1.03. The summed E-state index contributed by atoms with van der Waals surface area (Å²) in [7, 11) is 0. The Kier molecular flexibility index (Phi) is 1.84. The van der Waals surface area contributed by atoms with Crippen LogP contribution < -0.4 is 5.73 Å². The van der Waals surface area contributed by atoms with Crippen LogP contribution in [0.25, 0.3) is 10.4 Å². The lowest BCUT2D eigenvalue weighted by atomic mass is 10.2. The molecule has 0 aliphatic heterocycles. The van der Waals surface area contributed by atoms with Crippen molar-refractivity contribution in [2.45, 2.75) is 0 Å². The quantitative estimate of drug-likeness (QED) is 0.661. The van der Waals surface area contributed by atoms with Crippen molar-refractivity contribution in [2.75, 3.05) is 5.73 Å². The van der Waals surface area contributed by atoms with E-state index < -0.39 is 0 Å². The van der Waals surface area contributed by atoms with Gasteiger partial charge < -0.3 is 5.73 Å². The predicted molar refractivity (Wildman–Crippen MR) is 53.0 cm³/mol. The summed E-state index contributed by atoms with van der Waals surface area (Å²) in [5.41, 5.74) is 7.55. The second-order valence-corrected chi connectivity index (χ2v) is 3.43. The van der Waals surface area contributed by atoms with Gasteiger partial charge in [-0.1, -0.05) is 12.1 Å². The molecule has 0 spiro atoms. The third-order valence-electron chi connectivity index (χ3n) is 1.64. The van der Waals surface area contributed by atoms with Gasteiger partial charge in [0.15, 0.2) is 0 Å². The smallest absolute Gasteiger partial charge is 0.0421 e. The van der Waals surface area contributed by atoms with Crippen LogP contribution in [0.15, 0.2) is 35.7 Å². The number of benzene rings is 1. The van der Waals surface area contributed by atoms with E-state index in [4.69, 9.17) is 5.73 Å². The van der Waals surface area contributed by atoms with Crippen molar-refractivity contribution in [1.82, 2.24) is 0 Å². The lowest BCUT2D eigenvalue weighted by Crippen LogP contribution is -1.82. The van der Waals surface area contributed by atoms with Crippen molar-refractivity contribution < 1.29 is 0 Å². The van der Waals surface area contributed by atoms with Gasteiger partial charge in [0.05, 0.1) is 0 Å². The van der Waals surface area contributed by atoms with Gasteiger partial charge in [0.2, 0.25) is 0 Å². The molecule has 1 radical (unpaired) electrons. The summed E-state index contributed by atoms with van der Waals surface area (Å²) in [5.74, 6) is 0. The Morgan fingerprint density at radius 1 is 1.17 bits per heavy atom. The number of rotatable bonds is 1. The number of anilines is 1. The normalized spacial score (nSPS) is 10.0. The van der Waals surface area contributed by atoms with Crippen LogP contribution in [-0.2, 0) is 0 Å². The van der Waals surface area contributed by atoms with Crippen molar-refractivity contribution >= 4 is 17.0 Å². The minimum Gasteiger partial charge on any atom is -0.399 e. The van der Waals surface area contributed by atoms with Crippen LogP contribution in [0.5, 0.6) is 0 Å². The van der Waals surface area contributed by atoms with Crippen LogP contribution in [0.4, 0.5) is 5.69 Å². The van der Waals surface area contributed by atoms with Gasteiger partial charge in [-0.3, -0.25) is 0 Å². The summed E-state index contributed by atoms with van der Waals surface area (Å²) in [4.78, 5) is 1.16. The van der Waals surface area contributed by atoms with E-state index in [1.807, 2.05) is 35.7 Å². The van der Waals surface area contributed by atoms with E-state index in [-0.39, 0.29) is 0 Å². The summed E-state index contributed by atoms with van der Waals surface area (Å²) < 4.78 is 0. The van der Waals surface area contributed by atoms with Crippen molar-refractivity contribution in [2.24, 2.45) is 0 Å². The van der Waals surface area contributed by atoms with Crippen molar-refractivity contribution in [3.63, 3.8) is 0 Å². The summed E-state index contributed by atoms with van der Waals surface area (Å²) in [5, 5.41) is 2.02. The Morgan fingerprint density at radius 3 is 2.50 bits per heavy atom. The fraction of sp³-hybridized carbons (Fsp3) is 0. The first-order valence-corrected chi connectivity index (χ1v) is 4.55. The summed E-state index contributed by atoms with van der Waals surface area (Å²) >= 11 is 1.69. The lowest BCUT2D eigenvalue weighted by molar-refractivity contribution is 1.67. The van der Waals surface area contributed by atoms with Gasteiger partial charge in [-0.2, -0.15) is 0 Å². The topological polar surface area (TPSA) is 26.0 Å². The fourth-order valence-corrected chi connectivity index (χ4v) is 1.71. The second-order valence-electron chi connectivity index (χ2n) is 2.52. The van der Waals surface area contributed by atoms with E-state index in [2.05, 4.69) is 6.07 Å². The van der Waals surface area contributed by atoms with Gasteiger partial charge >= 0.3 is 0 Å². The third-order valence-corrected chi connectivity index (χ3v) is 2.50. The largest absolute Gasteiger partial charge is 0.399 e. The van der Waals surface area contributed by atoms with Crippen LogP contribution in [0.1, 0.15) is 0 Å². The summed E-state index contributed by atoms with van der Waals surface area (Å²) in [6, 6.07) is 12.9. The Hall–Kier alpha value is -1.28. The van der Waals surface area contributed by atoms with Crippen molar-refractivity contribution in [3.05, 3.63) is 41.8 Å². The highest BCUT2D eigenvalue weighted by Crippen LogP contribution is 2.24. The van der Waals surface area contributed by atoms with Crippen LogP contribution in [0.3, 0.4) is 0 Å². The van der Waals surface area contributed by atoms with E-state index in [0.717, 1.165) is 10.6 Å². The highest BCUT2D eigenvalue weighted by atomic mass is 32.1. The number of hydrogen-bond acceptors (Lipinski definition) is 2. The van der Waals surface area contributed by atoms with Gasteiger partial charge in [-0.25, -0.2) is 0 Å². The first kappa shape index (κ1) is 7.37. The molecule has 2 heteroatoms. The molecule has 0 fully saturated rings. The SMILES string of the molecule is Nc1ccc(-c2[c]ccs2)cc1. The Balaban J connectivity index is 2.43. The molecule has 59 valence electrons. The zero-order chi connectivity index (χ0) is 8.39. The standard InChI is InChI=1S/C10H8NS/c11-9-5-3-8(4-6-9)10-2-1-7-12-10/h1,3-7H,11H2.